The zero-order chi connectivity index (χ0) is 25.4. The maximum Gasteiger partial charge on any atom is 0.326 e. The number of halogens is 1. The Morgan fingerprint density at radius 2 is 1.69 bits per heavy atom. The van der Waals surface area contributed by atoms with Gasteiger partial charge in [-0.1, -0.05) is 91.3 Å². The first-order chi connectivity index (χ1) is 16.6. The van der Waals surface area contributed by atoms with Crippen molar-refractivity contribution in [2.75, 3.05) is 0 Å². The summed E-state index contributed by atoms with van der Waals surface area (Å²) >= 11 is 3.45. The molecule has 3 aromatic carbocycles. The van der Waals surface area contributed by atoms with Crippen molar-refractivity contribution in [2.45, 2.75) is 45.3 Å². The molecule has 0 spiro atoms. The molecule has 0 aliphatic rings. The van der Waals surface area contributed by atoms with Crippen LogP contribution >= 0.6 is 15.9 Å². The van der Waals surface area contributed by atoms with E-state index in [1.165, 1.54) is 11.6 Å². The molecule has 35 heavy (non-hydrogen) atoms. The van der Waals surface area contributed by atoms with Crippen molar-refractivity contribution in [1.82, 2.24) is 5.32 Å². The molecule has 0 bridgehead atoms. The maximum atomic E-state index is 12.5. The van der Waals surface area contributed by atoms with Gasteiger partial charge >= 0.3 is 5.97 Å². The number of amides is 1. The Balaban J connectivity index is 1.67. The number of nitrogens with one attached hydrogen (secondary N) is 1. The highest BCUT2D eigenvalue weighted by Crippen LogP contribution is 2.26. The van der Waals surface area contributed by atoms with Gasteiger partial charge in [-0.3, -0.25) is 4.79 Å². The molecule has 2 N–H and O–H groups in total. The standard InChI is InChI=1S/C29H30BrNO4/c1-29(2,3)23-12-9-21(10-13-23)19-35-26-15-14-24(30)18-22(26)11-16-27(32)31-25(28(33)34)17-20-7-5-4-6-8-20/h4-16,18,25H,17,19H2,1-3H3,(H,31,32)(H,33,34)/b16-11+. The zero-order valence-electron chi connectivity index (χ0n) is 20.1. The van der Waals surface area contributed by atoms with E-state index >= 15 is 0 Å². The van der Waals surface area contributed by atoms with Crippen LogP contribution in [-0.2, 0) is 28.0 Å². The molecule has 5 nitrogen and oxygen atoms in total. The number of carbonyl (C=O) groups is 2. The predicted molar refractivity (Wildman–Crippen MR) is 142 cm³/mol. The number of ether oxygens (including phenoxy) is 1. The van der Waals surface area contributed by atoms with Gasteiger partial charge in [-0.15, -0.1) is 0 Å². The van der Waals surface area contributed by atoms with Crippen molar-refractivity contribution in [3.05, 3.63) is 106 Å². The molecule has 182 valence electrons. The van der Waals surface area contributed by atoms with Crippen LogP contribution in [0.1, 0.15) is 43.0 Å². The first-order valence-electron chi connectivity index (χ1n) is 11.4. The third-order valence-corrected chi connectivity index (χ3v) is 5.99. The molecule has 6 heteroatoms. The van der Waals surface area contributed by atoms with Gasteiger partial charge in [0.25, 0.3) is 0 Å². The Morgan fingerprint density at radius 3 is 2.31 bits per heavy atom. The second-order valence-electron chi connectivity index (χ2n) is 9.34. The van der Waals surface area contributed by atoms with Crippen LogP contribution in [0.15, 0.2) is 83.3 Å². The van der Waals surface area contributed by atoms with E-state index in [4.69, 9.17) is 4.74 Å². The summed E-state index contributed by atoms with van der Waals surface area (Å²) < 4.78 is 6.88. The molecule has 0 aliphatic heterocycles. The van der Waals surface area contributed by atoms with E-state index in [1.807, 2.05) is 48.5 Å². The van der Waals surface area contributed by atoms with E-state index in [0.29, 0.717) is 17.9 Å². The molecule has 0 aliphatic carbocycles. The van der Waals surface area contributed by atoms with E-state index in [0.717, 1.165) is 15.6 Å². The minimum absolute atomic E-state index is 0.0877. The molecule has 0 radical (unpaired) electrons. The van der Waals surface area contributed by atoms with Crippen molar-refractivity contribution in [3.63, 3.8) is 0 Å². The summed E-state index contributed by atoms with van der Waals surface area (Å²) in [6.45, 7) is 6.91. The van der Waals surface area contributed by atoms with Gasteiger partial charge in [0.05, 0.1) is 0 Å². The van der Waals surface area contributed by atoms with Gasteiger partial charge in [-0.2, -0.15) is 0 Å². The van der Waals surface area contributed by atoms with Crippen LogP contribution < -0.4 is 10.1 Å². The summed E-state index contributed by atoms with van der Waals surface area (Å²) in [7, 11) is 0. The van der Waals surface area contributed by atoms with Gasteiger partial charge in [0.15, 0.2) is 0 Å². The fraction of sp³-hybridized carbons (Fsp3) is 0.241. The lowest BCUT2D eigenvalue weighted by Crippen LogP contribution is -2.41. The lowest BCUT2D eigenvalue weighted by molar-refractivity contribution is -0.141. The highest BCUT2D eigenvalue weighted by atomic mass is 79.9. The van der Waals surface area contributed by atoms with Gasteiger partial charge in [-0.25, -0.2) is 4.79 Å². The number of aliphatic carboxylic acids is 1. The highest BCUT2D eigenvalue weighted by Gasteiger charge is 2.19. The number of rotatable bonds is 9. The molecule has 0 heterocycles. The van der Waals surface area contributed by atoms with E-state index < -0.39 is 17.9 Å². The van der Waals surface area contributed by atoms with Gasteiger partial charge in [-0.05, 0) is 46.4 Å². The molecular weight excluding hydrogens is 506 g/mol. The van der Waals surface area contributed by atoms with Crippen LogP contribution in [0.25, 0.3) is 6.08 Å². The minimum atomic E-state index is -1.08. The summed E-state index contributed by atoms with van der Waals surface area (Å²) in [5.41, 5.74) is 3.92. The van der Waals surface area contributed by atoms with Crippen LogP contribution in [0.4, 0.5) is 0 Å². The monoisotopic (exact) mass is 535 g/mol. The van der Waals surface area contributed by atoms with E-state index in [-0.39, 0.29) is 11.8 Å². The molecule has 0 fully saturated rings. The maximum absolute atomic E-state index is 12.5. The summed E-state index contributed by atoms with van der Waals surface area (Å²) in [4.78, 5) is 24.1. The van der Waals surface area contributed by atoms with E-state index in [2.05, 4.69) is 66.3 Å². The third kappa shape index (κ3) is 8.11. The predicted octanol–water partition coefficient (Wildman–Crippen LogP) is 6.15. The summed E-state index contributed by atoms with van der Waals surface area (Å²) in [6.07, 6.45) is 3.16. The average molecular weight is 536 g/mol. The summed E-state index contributed by atoms with van der Waals surface area (Å²) in [5, 5.41) is 12.1. The van der Waals surface area contributed by atoms with Crippen LogP contribution in [0.5, 0.6) is 5.75 Å². The fourth-order valence-electron chi connectivity index (χ4n) is 3.48. The van der Waals surface area contributed by atoms with Crippen molar-refractivity contribution < 1.29 is 19.4 Å². The lowest BCUT2D eigenvalue weighted by Gasteiger charge is -2.19. The molecule has 0 aromatic heterocycles. The van der Waals surface area contributed by atoms with Crippen molar-refractivity contribution in [1.29, 1.82) is 0 Å². The Bertz CT molecular complexity index is 1180. The molecular formula is C29H30BrNO4. The van der Waals surface area contributed by atoms with Crippen LogP contribution in [-0.4, -0.2) is 23.0 Å². The molecule has 0 saturated carbocycles. The topological polar surface area (TPSA) is 75.6 Å². The average Bonchev–Trinajstić information content (AvgIpc) is 2.82. The SMILES string of the molecule is CC(C)(C)c1ccc(COc2ccc(Br)cc2/C=C/C(=O)NC(Cc2ccccc2)C(=O)O)cc1. The Kier molecular flexibility index (Phi) is 8.88. The Labute approximate surface area is 215 Å². The smallest absolute Gasteiger partial charge is 0.326 e. The Hall–Kier alpha value is -3.38. The molecule has 1 atom stereocenters. The summed E-state index contributed by atoms with van der Waals surface area (Å²) in [5.74, 6) is -0.951. The molecule has 1 unspecified atom stereocenters. The molecule has 3 rings (SSSR count). The molecule has 3 aromatic rings. The second-order valence-corrected chi connectivity index (χ2v) is 10.3. The van der Waals surface area contributed by atoms with Gasteiger partial charge in [0.2, 0.25) is 5.91 Å². The van der Waals surface area contributed by atoms with Crippen molar-refractivity contribution in [3.8, 4) is 5.75 Å². The number of hydrogen-bond donors (Lipinski definition) is 2. The first kappa shape index (κ1) is 26.2. The van der Waals surface area contributed by atoms with Crippen molar-refractivity contribution >= 4 is 33.9 Å². The molecule has 0 saturated heterocycles. The largest absolute Gasteiger partial charge is 0.488 e. The van der Waals surface area contributed by atoms with Crippen LogP contribution in [0.3, 0.4) is 0 Å². The summed E-state index contributed by atoms with van der Waals surface area (Å²) in [6, 6.07) is 22.1. The highest BCUT2D eigenvalue weighted by molar-refractivity contribution is 9.10. The minimum Gasteiger partial charge on any atom is -0.488 e. The second kappa shape index (κ2) is 11.8. The van der Waals surface area contributed by atoms with Crippen LogP contribution in [0, 0.1) is 0 Å². The third-order valence-electron chi connectivity index (χ3n) is 5.50. The zero-order valence-corrected chi connectivity index (χ0v) is 21.7. The fourth-order valence-corrected chi connectivity index (χ4v) is 3.86. The van der Waals surface area contributed by atoms with Gasteiger partial charge < -0.3 is 15.2 Å². The number of benzene rings is 3. The Morgan fingerprint density at radius 1 is 1.00 bits per heavy atom. The van der Waals surface area contributed by atoms with E-state index in [9.17, 15) is 14.7 Å². The quantitative estimate of drug-likeness (QED) is 0.322. The first-order valence-corrected chi connectivity index (χ1v) is 12.2. The van der Waals surface area contributed by atoms with Crippen molar-refractivity contribution in [2.24, 2.45) is 0 Å². The number of carboxylic acids is 1. The number of carbonyl (C=O) groups excluding carboxylic acids is 1. The van der Waals surface area contributed by atoms with Crippen LogP contribution in [0.2, 0.25) is 0 Å². The number of hydrogen-bond acceptors (Lipinski definition) is 3. The normalized spacial score (nSPS) is 12.3. The lowest BCUT2D eigenvalue weighted by atomic mass is 9.87. The molecule has 1 amide bonds. The number of carboxylic acid groups (broad SMARTS) is 1. The van der Waals surface area contributed by atoms with Gasteiger partial charge in [0.1, 0.15) is 18.4 Å². The van der Waals surface area contributed by atoms with E-state index in [1.54, 1.807) is 6.08 Å². The van der Waals surface area contributed by atoms with Gasteiger partial charge in [0, 0.05) is 22.5 Å².